The summed E-state index contributed by atoms with van der Waals surface area (Å²) in [5.41, 5.74) is -0.287. The molecule has 29 heavy (non-hydrogen) atoms. The van der Waals surface area contributed by atoms with Gasteiger partial charge in [0.2, 0.25) is 11.8 Å². The van der Waals surface area contributed by atoms with Gasteiger partial charge in [-0.3, -0.25) is 14.5 Å². The standard InChI is InChI=1S/C22H39N3O4/c1-14(2)17(13-15(3)21(28)29)25(8)20(27)18(22(4,5)6)23-19(26)16-11-9-10-12-24(16)7/h13-14,16-18H,9-12H2,1-8H3,(H,23,26)(H,28,29)/t16?,17-,18+/m0/s1. The lowest BCUT2D eigenvalue weighted by atomic mass is 9.84. The van der Waals surface area contributed by atoms with Crippen molar-refractivity contribution in [3.63, 3.8) is 0 Å². The van der Waals surface area contributed by atoms with Crippen molar-refractivity contribution in [2.24, 2.45) is 11.3 Å². The van der Waals surface area contributed by atoms with Crippen molar-refractivity contribution in [3.8, 4) is 0 Å². The molecular formula is C22H39N3O4. The molecule has 1 aliphatic heterocycles. The highest BCUT2D eigenvalue weighted by Gasteiger charge is 2.39. The Morgan fingerprint density at radius 3 is 2.24 bits per heavy atom. The van der Waals surface area contributed by atoms with Gasteiger partial charge in [0.1, 0.15) is 6.04 Å². The molecule has 2 N–H and O–H groups in total. The molecule has 1 unspecified atom stereocenters. The zero-order valence-electron chi connectivity index (χ0n) is 19.3. The van der Waals surface area contributed by atoms with Crippen LogP contribution < -0.4 is 5.32 Å². The van der Waals surface area contributed by atoms with E-state index in [1.165, 1.54) is 6.92 Å². The SMILES string of the molecule is CC(=C[C@@H](C(C)C)N(C)C(=O)[C@@H](NC(=O)C1CCCCN1C)C(C)(C)C)C(=O)O. The summed E-state index contributed by atoms with van der Waals surface area (Å²) in [5, 5.41) is 12.2. The lowest BCUT2D eigenvalue weighted by Crippen LogP contribution is -2.59. The molecular weight excluding hydrogens is 370 g/mol. The number of carboxylic acids is 1. The lowest BCUT2D eigenvalue weighted by molar-refractivity contribution is -0.141. The van der Waals surface area contributed by atoms with E-state index in [4.69, 9.17) is 0 Å². The van der Waals surface area contributed by atoms with Crippen LogP contribution in [0.3, 0.4) is 0 Å². The molecule has 0 saturated carbocycles. The average Bonchev–Trinajstić information content (AvgIpc) is 2.61. The van der Waals surface area contributed by atoms with E-state index in [2.05, 4.69) is 5.32 Å². The Morgan fingerprint density at radius 1 is 1.21 bits per heavy atom. The van der Waals surface area contributed by atoms with Gasteiger partial charge < -0.3 is 15.3 Å². The fraction of sp³-hybridized carbons (Fsp3) is 0.773. The fourth-order valence-corrected chi connectivity index (χ4v) is 3.72. The van der Waals surface area contributed by atoms with Crippen molar-refractivity contribution in [1.82, 2.24) is 15.1 Å². The van der Waals surface area contributed by atoms with Crippen molar-refractivity contribution in [3.05, 3.63) is 11.6 Å². The van der Waals surface area contributed by atoms with Crippen molar-refractivity contribution in [1.29, 1.82) is 0 Å². The summed E-state index contributed by atoms with van der Waals surface area (Å²) in [6.45, 7) is 12.1. The van der Waals surface area contributed by atoms with Crippen LogP contribution in [0.4, 0.5) is 0 Å². The van der Waals surface area contributed by atoms with Gasteiger partial charge in [0.05, 0.1) is 12.1 Å². The van der Waals surface area contributed by atoms with Crippen LogP contribution in [0.1, 0.15) is 60.8 Å². The third-order valence-electron chi connectivity index (χ3n) is 5.71. The first kappa shape index (κ1) is 25.1. The maximum absolute atomic E-state index is 13.4. The molecule has 0 radical (unpaired) electrons. The van der Waals surface area contributed by atoms with E-state index in [1.807, 2.05) is 46.6 Å². The summed E-state index contributed by atoms with van der Waals surface area (Å²) in [5.74, 6) is -1.30. The number of carbonyl (C=O) groups is 3. The smallest absolute Gasteiger partial charge is 0.331 e. The van der Waals surface area contributed by atoms with Crippen molar-refractivity contribution >= 4 is 17.8 Å². The van der Waals surface area contributed by atoms with Crippen LogP contribution in [-0.2, 0) is 14.4 Å². The number of carbonyl (C=O) groups excluding carboxylic acids is 2. The summed E-state index contributed by atoms with van der Waals surface area (Å²) in [4.78, 5) is 41.2. The second-order valence-corrected chi connectivity index (χ2v) is 9.64. The summed E-state index contributed by atoms with van der Waals surface area (Å²) in [6.07, 6.45) is 4.49. The molecule has 0 spiro atoms. The monoisotopic (exact) mass is 409 g/mol. The Balaban J connectivity index is 3.10. The van der Waals surface area contributed by atoms with Crippen molar-refractivity contribution in [2.75, 3.05) is 20.6 Å². The molecule has 1 heterocycles. The highest BCUT2D eigenvalue weighted by atomic mass is 16.4. The first-order valence-corrected chi connectivity index (χ1v) is 10.5. The fourth-order valence-electron chi connectivity index (χ4n) is 3.72. The van der Waals surface area contributed by atoms with Gasteiger partial charge in [-0.25, -0.2) is 4.79 Å². The third-order valence-corrected chi connectivity index (χ3v) is 5.71. The zero-order chi connectivity index (χ0) is 22.5. The second kappa shape index (κ2) is 10.2. The van der Waals surface area contributed by atoms with E-state index in [0.29, 0.717) is 0 Å². The summed E-state index contributed by atoms with van der Waals surface area (Å²) >= 11 is 0. The Kier molecular flexibility index (Phi) is 8.87. The van der Waals surface area contributed by atoms with Crippen molar-refractivity contribution in [2.45, 2.75) is 78.9 Å². The number of piperidine rings is 1. The maximum Gasteiger partial charge on any atom is 0.331 e. The quantitative estimate of drug-likeness (QED) is 0.631. The van der Waals surface area contributed by atoms with Crippen LogP contribution in [0, 0.1) is 11.3 Å². The molecule has 7 heteroatoms. The molecule has 7 nitrogen and oxygen atoms in total. The van der Waals surface area contributed by atoms with Crippen LogP contribution in [0.2, 0.25) is 0 Å². The second-order valence-electron chi connectivity index (χ2n) is 9.64. The molecule has 1 fully saturated rings. The Hall–Kier alpha value is -1.89. The molecule has 1 aliphatic rings. The Labute approximate surface area is 175 Å². The number of rotatable bonds is 7. The minimum Gasteiger partial charge on any atom is -0.478 e. The van der Waals surface area contributed by atoms with Gasteiger partial charge in [-0.15, -0.1) is 0 Å². The van der Waals surface area contributed by atoms with E-state index in [0.717, 1.165) is 25.8 Å². The van der Waals surface area contributed by atoms with E-state index >= 15 is 0 Å². The molecule has 1 rings (SSSR count). The largest absolute Gasteiger partial charge is 0.478 e. The highest BCUT2D eigenvalue weighted by Crippen LogP contribution is 2.25. The third kappa shape index (κ3) is 6.84. The summed E-state index contributed by atoms with van der Waals surface area (Å²) in [6, 6.07) is -1.30. The number of nitrogens with one attached hydrogen (secondary N) is 1. The summed E-state index contributed by atoms with van der Waals surface area (Å²) in [7, 11) is 3.62. The van der Waals surface area contributed by atoms with Gasteiger partial charge in [-0.05, 0) is 44.7 Å². The maximum atomic E-state index is 13.4. The number of hydrogen-bond acceptors (Lipinski definition) is 4. The molecule has 3 atom stereocenters. The number of likely N-dealkylation sites (N-methyl/N-ethyl adjacent to an activating group) is 2. The predicted molar refractivity (Wildman–Crippen MR) is 114 cm³/mol. The van der Waals surface area contributed by atoms with Gasteiger partial charge in [0.15, 0.2) is 0 Å². The van der Waals surface area contributed by atoms with Crippen LogP contribution in [-0.4, -0.2) is 71.5 Å². The zero-order valence-corrected chi connectivity index (χ0v) is 19.3. The number of aliphatic carboxylic acids is 1. The minimum atomic E-state index is -1.00. The number of nitrogens with zero attached hydrogens (tertiary/aromatic N) is 2. The average molecular weight is 410 g/mol. The van der Waals surface area contributed by atoms with Gasteiger partial charge in [-0.2, -0.15) is 0 Å². The Bertz CT molecular complexity index is 636. The van der Waals surface area contributed by atoms with E-state index < -0.39 is 17.4 Å². The number of amides is 2. The first-order chi connectivity index (χ1) is 13.3. The number of likely N-dealkylation sites (tertiary alicyclic amines) is 1. The number of carboxylic acid groups (broad SMARTS) is 1. The molecule has 0 aromatic heterocycles. The molecule has 0 aliphatic carbocycles. The van der Waals surface area contributed by atoms with Crippen LogP contribution in [0.15, 0.2) is 11.6 Å². The molecule has 0 bridgehead atoms. The first-order valence-electron chi connectivity index (χ1n) is 10.5. The molecule has 2 amide bonds. The van der Waals surface area contributed by atoms with E-state index in [1.54, 1.807) is 18.0 Å². The lowest BCUT2D eigenvalue weighted by Gasteiger charge is -2.39. The topological polar surface area (TPSA) is 90.0 Å². The molecule has 166 valence electrons. The number of hydrogen-bond donors (Lipinski definition) is 2. The molecule has 1 saturated heterocycles. The van der Waals surface area contributed by atoms with Crippen LogP contribution >= 0.6 is 0 Å². The van der Waals surface area contributed by atoms with Gasteiger partial charge in [0.25, 0.3) is 0 Å². The normalized spacial score (nSPS) is 20.9. The summed E-state index contributed by atoms with van der Waals surface area (Å²) < 4.78 is 0. The predicted octanol–water partition coefficient (Wildman–Crippen LogP) is 2.52. The van der Waals surface area contributed by atoms with Gasteiger partial charge >= 0.3 is 5.97 Å². The minimum absolute atomic E-state index is 0.0269. The van der Waals surface area contributed by atoms with Crippen LogP contribution in [0.5, 0.6) is 0 Å². The molecule has 0 aromatic rings. The Morgan fingerprint density at radius 2 is 1.79 bits per heavy atom. The molecule has 0 aromatic carbocycles. The van der Waals surface area contributed by atoms with Crippen LogP contribution in [0.25, 0.3) is 0 Å². The van der Waals surface area contributed by atoms with E-state index in [9.17, 15) is 19.5 Å². The van der Waals surface area contributed by atoms with Crippen molar-refractivity contribution < 1.29 is 19.5 Å². The van der Waals surface area contributed by atoms with Gasteiger partial charge in [0, 0.05) is 12.6 Å². The van der Waals surface area contributed by atoms with Gasteiger partial charge in [-0.1, -0.05) is 47.1 Å². The highest BCUT2D eigenvalue weighted by molar-refractivity contribution is 5.91. The van der Waals surface area contributed by atoms with E-state index in [-0.39, 0.29) is 35.4 Å².